The molecule has 0 atom stereocenters. The van der Waals surface area contributed by atoms with E-state index in [0.29, 0.717) is 12.5 Å². The molecule has 0 radical (unpaired) electrons. The van der Waals surface area contributed by atoms with Crippen molar-refractivity contribution in [3.05, 3.63) is 48.5 Å². The van der Waals surface area contributed by atoms with Crippen LogP contribution in [0.3, 0.4) is 0 Å². The van der Waals surface area contributed by atoms with E-state index in [2.05, 4.69) is 27.0 Å². The molecule has 2 N–H and O–H groups in total. The summed E-state index contributed by atoms with van der Waals surface area (Å²) in [5.74, 6) is 0.662. The number of nitrogens with zero attached hydrogens (tertiary/aromatic N) is 4. The van der Waals surface area contributed by atoms with Crippen molar-refractivity contribution in [3.8, 4) is 5.69 Å². The van der Waals surface area contributed by atoms with Crippen molar-refractivity contribution >= 4 is 5.96 Å². The number of imidazole rings is 1. The molecule has 0 amide bonds. The van der Waals surface area contributed by atoms with Gasteiger partial charge in [0.15, 0.2) is 5.96 Å². The Balaban J connectivity index is 1.76. The molecule has 0 spiro atoms. The molecule has 0 saturated carbocycles. The Morgan fingerprint density at radius 3 is 2.76 bits per heavy atom. The number of aromatic nitrogens is 2. The van der Waals surface area contributed by atoms with Crippen molar-refractivity contribution in [3.63, 3.8) is 0 Å². The smallest absolute Gasteiger partial charge is 0.191 e. The summed E-state index contributed by atoms with van der Waals surface area (Å²) in [6, 6.07) is 8.21. The van der Waals surface area contributed by atoms with Crippen LogP contribution in [0.2, 0.25) is 0 Å². The molecule has 21 heavy (non-hydrogen) atoms. The first-order valence-corrected chi connectivity index (χ1v) is 7.46. The molecule has 2 aromatic rings. The van der Waals surface area contributed by atoms with Gasteiger partial charge in [-0.2, -0.15) is 0 Å². The number of likely N-dealkylation sites (tertiary alicyclic amines) is 1. The number of guanidine groups is 1. The number of rotatable bonds is 3. The van der Waals surface area contributed by atoms with Crippen LogP contribution in [-0.2, 0) is 6.54 Å². The minimum atomic E-state index is 0.594. The van der Waals surface area contributed by atoms with Gasteiger partial charge in [0.2, 0.25) is 0 Å². The summed E-state index contributed by atoms with van der Waals surface area (Å²) >= 11 is 0. The maximum absolute atomic E-state index is 6.12. The molecule has 5 heteroatoms. The number of para-hydroxylation sites is 1. The molecule has 0 aliphatic carbocycles. The van der Waals surface area contributed by atoms with Gasteiger partial charge in [-0.05, 0) is 30.9 Å². The van der Waals surface area contributed by atoms with Crippen molar-refractivity contribution in [1.29, 1.82) is 0 Å². The van der Waals surface area contributed by atoms with Gasteiger partial charge in [-0.15, -0.1) is 0 Å². The minimum absolute atomic E-state index is 0.594. The topological polar surface area (TPSA) is 59.4 Å². The van der Waals surface area contributed by atoms with E-state index in [1.807, 2.05) is 22.9 Å². The van der Waals surface area contributed by atoms with E-state index in [1.54, 1.807) is 12.5 Å². The second-order valence-electron chi connectivity index (χ2n) is 5.32. The average molecular weight is 283 g/mol. The van der Waals surface area contributed by atoms with E-state index in [0.717, 1.165) is 24.3 Å². The van der Waals surface area contributed by atoms with E-state index >= 15 is 0 Å². The van der Waals surface area contributed by atoms with E-state index in [1.165, 1.54) is 19.3 Å². The van der Waals surface area contributed by atoms with Crippen LogP contribution in [0.25, 0.3) is 5.69 Å². The number of hydrogen-bond donors (Lipinski definition) is 1. The molecule has 1 aromatic heterocycles. The lowest BCUT2D eigenvalue weighted by molar-refractivity contribution is 0.338. The van der Waals surface area contributed by atoms with Crippen molar-refractivity contribution in [2.75, 3.05) is 13.1 Å². The summed E-state index contributed by atoms with van der Waals surface area (Å²) in [5, 5.41) is 0. The molecule has 110 valence electrons. The van der Waals surface area contributed by atoms with Gasteiger partial charge in [0.1, 0.15) is 0 Å². The average Bonchev–Trinajstić information content (AvgIpc) is 3.08. The maximum Gasteiger partial charge on any atom is 0.191 e. The zero-order valence-electron chi connectivity index (χ0n) is 12.2. The first-order chi connectivity index (χ1) is 10.3. The molecule has 0 unspecified atom stereocenters. The third-order valence-corrected chi connectivity index (χ3v) is 3.87. The summed E-state index contributed by atoms with van der Waals surface area (Å²) in [5.41, 5.74) is 8.37. The fourth-order valence-corrected chi connectivity index (χ4v) is 2.69. The summed E-state index contributed by atoms with van der Waals surface area (Å²) in [6.45, 7) is 2.65. The summed E-state index contributed by atoms with van der Waals surface area (Å²) < 4.78 is 2.00. The molecule has 1 aromatic carbocycles. The van der Waals surface area contributed by atoms with Gasteiger partial charge in [0.05, 0.1) is 18.6 Å². The Morgan fingerprint density at radius 2 is 2.00 bits per heavy atom. The van der Waals surface area contributed by atoms with Crippen molar-refractivity contribution in [2.24, 2.45) is 10.7 Å². The Bertz CT molecular complexity index is 597. The lowest BCUT2D eigenvalue weighted by atomic mass is 10.1. The molecule has 1 aliphatic heterocycles. The second-order valence-corrected chi connectivity index (χ2v) is 5.32. The van der Waals surface area contributed by atoms with Crippen LogP contribution in [0.15, 0.2) is 48.0 Å². The zero-order chi connectivity index (χ0) is 14.5. The highest BCUT2D eigenvalue weighted by molar-refractivity contribution is 5.78. The SMILES string of the molecule is NC(=NCc1ccccc1-n1ccnc1)N1CCCCC1. The van der Waals surface area contributed by atoms with Crippen LogP contribution >= 0.6 is 0 Å². The largest absolute Gasteiger partial charge is 0.370 e. The molecule has 5 nitrogen and oxygen atoms in total. The van der Waals surface area contributed by atoms with Gasteiger partial charge in [-0.1, -0.05) is 18.2 Å². The van der Waals surface area contributed by atoms with Crippen molar-refractivity contribution in [2.45, 2.75) is 25.8 Å². The standard InChI is InChI=1S/C16H21N5/c17-16(20-9-4-1-5-10-20)19-12-14-6-2-3-7-15(14)21-11-8-18-13-21/h2-3,6-8,11,13H,1,4-5,9-10,12H2,(H2,17,19). The van der Waals surface area contributed by atoms with Crippen LogP contribution in [0.4, 0.5) is 0 Å². The Morgan fingerprint density at radius 1 is 1.19 bits per heavy atom. The summed E-state index contributed by atoms with van der Waals surface area (Å²) in [6.07, 6.45) is 9.24. The third kappa shape index (κ3) is 3.24. The van der Waals surface area contributed by atoms with Gasteiger partial charge in [-0.25, -0.2) is 9.98 Å². The zero-order valence-corrected chi connectivity index (χ0v) is 12.2. The Labute approximate surface area is 125 Å². The predicted molar refractivity (Wildman–Crippen MR) is 84.3 cm³/mol. The summed E-state index contributed by atoms with van der Waals surface area (Å²) in [4.78, 5) is 10.9. The molecular formula is C16H21N5. The molecule has 1 aliphatic rings. The van der Waals surface area contributed by atoms with Crippen LogP contribution in [-0.4, -0.2) is 33.5 Å². The number of benzene rings is 1. The molecular weight excluding hydrogens is 262 g/mol. The first kappa shape index (κ1) is 13.7. The Kier molecular flexibility index (Phi) is 4.19. The van der Waals surface area contributed by atoms with Gasteiger partial charge in [0, 0.05) is 25.5 Å². The van der Waals surface area contributed by atoms with Crippen LogP contribution in [0.5, 0.6) is 0 Å². The number of hydrogen-bond acceptors (Lipinski definition) is 2. The molecule has 0 bridgehead atoms. The van der Waals surface area contributed by atoms with Gasteiger partial charge in [-0.3, -0.25) is 0 Å². The van der Waals surface area contributed by atoms with E-state index in [9.17, 15) is 0 Å². The fourth-order valence-electron chi connectivity index (χ4n) is 2.69. The number of piperidine rings is 1. The molecule has 2 heterocycles. The van der Waals surface area contributed by atoms with Gasteiger partial charge >= 0.3 is 0 Å². The fraction of sp³-hybridized carbons (Fsp3) is 0.375. The maximum atomic E-state index is 6.12. The number of aliphatic imine (C=N–C) groups is 1. The van der Waals surface area contributed by atoms with E-state index in [4.69, 9.17) is 5.73 Å². The van der Waals surface area contributed by atoms with Crippen molar-refractivity contribution < 1.29 is 0 Å². The molecule has 1 fully saturated rings. The highest BCUT2D eigenvalue weighted by atomic mass is 15.2. The van der Waals surface area contributed by atoms with Crippen LogP contribution in [0, 0.1) is 0 Å². The third-order valence-electron chi connectivity index (χ3n) is 3.87. The lowest BCUT2D eigenvalue weighted by Crippen LogP contribution is -2.40. The van der Waals surface area contributed by atoms with Gasteiger partial charge < -0.3 is 15.2 Å². The second kappa shape index (κ2) is 6.43. The van der Waals surface area contributed by atoms with E-state index < -0.39 is 0 Å². The van der Waals surface area contributed by atoms with Crippen LogP contribution < -0.4 is 5.73 Å². The lowest BCUT2D eigenvalue weighted by Gasteiger charge is -2.27. The monoisotopic (exact) mass is 283 g/mol. The Hall–Kier alpha value is -2.30. The highest BCUT2D eigenvalue weighted by Gasteiger charge is 2.12. The van der Waals surface area contributed by atoms with E-state index in [-0.39, 0.29) is 0 Å². The number of nitrogens with two attached hydrogens (primary N) is 1. The summed E-state index contributed by atoms with van der Waals surface area (Å²) in [7, 11) is 0. The molecule has 1 saturated heterocycles. The normalized spacial score (nSPS) is 16.2. The molecule has 3 rings (SSSR count). The quantitative estimate of drug-likeness (QED) is 0.694. The first-order valence-electron chi connectivity index (χ1n) is 7.46. The predicted octanol–water partition coefficient (Wildman–Crippen LogP) is 2.17. The highest BCUT2D eigenvalue weighted by Crippen LogP contribution is 2.15. The minimum Gasteiger partial charge on any atom is -0.370 e. The van der Waals surface area contributed by atoms with Gasteiger partial charge in [0.25, 0.3) is 0 Å². The van der Waals surface area contributed by atoms with Crippen molar-refractivity contribution in [1.82, 2.24) is 14.5 Å². The van der Waals surface area contributed by atoms with Crippen LogP contribution in [0.1, 0.15) is 24.8 Å².